The summed E-state index contributed by atoms with van der Waals surface area (Å²) in [4.78, 5) is 30.2. The van der Waals surface area contributed by atoms with Gasteiger partial charge in [-0.1, -0.05) is 6.07 Å². The quantitative estimate of drug-likeness (QED) is 0.670. The number of aromatic nitrogens is 1. The molecule has 0 spiro atoms. The molecule has 0 fully saturated rings. The van der Waals surface area contributed by atoms with Crippen LogP contribution in [0, 0.1) is 6.92 Å². The van der Waals surface area contributed by atoms with E-state index in [-0.39, 0.29) is 11.8 Å². The molecule has 0 unspecified atom stereocenters. The molecule has 4 rings (SSSR count). The molecule has 0 saturated carbocycles. The summed E-state index contributed by atoms with van der Waals surface area (Å²) in [7, 11) is 0. The van der Waals surface area contributed by atoms with Crippen LogP contribution in [0.1, 0.15) is 17.5 Å². The largest absolute Gasteiger partial charge is 0.362 e. The number of rotatable bonds is 5. The normalized spacial score (nSPS) is 12.6. The van der Waals surface area contributed by atoms with E-state index in [0.29, 0.717) is 17.9 Å². The monoisotopic (exact) mass is 406 g/mol. The van der Waals surface area contributed by atoms with Crippen molar-refractivity contribution in [3.63, 3.8) is 0 Å². The number of fused-ring (bicyclic) bond motifs is 1. The lowest BCUT2D eigenvalue weighted by molar-refractivity contribution is -0.115. The molecule has 1 aliphatic heterocycles. The molecule has 0 atom stereocenters. The first-order chi connectivity index (χ1) is 14.0. The highest BCUT2D eigenvalue weighted by Gasteiger charge is 2.22. The fourth-order valence-corrected chi connectivity index (χ4v) is 4.13. The summed E-state index contributed by atoms with van der Waals surface area (Å²) < 4.78 is 0. The second-order valence-corrected chi connectivity index (χ2v) is 8.14. The number of thiazole rings is 1. The molecule has 7 heteroatoms. The minimum atomic E-state index is -0.123. The van der Waals surface area contributed by atoms with Gasteiger partial charge < -0.3 is 15.5 Å². The third-order valence-corrected chi connectivity index (χ3v) is 5.58. The van der Waals surface area contributed by atoms with Gasteiger partial charge in [0.1, 0.15) is 0 Å². The van der Waals surface area contributed by atoms with E-state index in [0.717, 1.165) is 34.9 Å². The molecular weight excluding hydrogens is 384 g/mol. The molecule has 0 saturated heterocycles. The molecule has 3 aromatic rings. The Bertz CT molecular complexity index is 1060. The summed E-state index contributed by atoms with van der Waals surface area (Å²) >= 11 is 1.65. The second kappa shape index (κ2) is 8.05. The van der Waals surface area contributed by atoms with E-state index in [4.69, 9.17) is 0 Å². The lowest BCUT2D eigenvalue weighted by atomic mass is 10.1. The number of aryl methyl sites for hydroxylation is 1. The van der Waals surface area contributed by atoms with Crippen molar-refractivity contribution in [1.82, 2.24) is 4.98 Å². The van der Waals surface area contributed by atoms with Gasteiger partial charge in [0.25, 0.3) is 0 Å². The first-order valence-electron chi connectivity index (χ1n) is 9.46. The second-order valence-electron chi connectivity index (χ2n) is 7.07. The van der Waals surface area contributed by atoms with Crippen LogP contribution in [0.3, 0.4) is 0 Å². The highest BCUT2D eigenvalue weighted by atomic mass is 32.1. The Morgan fingerprint density at radius 3 is 2.48 bits per heavy atom. The van der Waals surface area contributed by atoms with Gasteiger partial charge in [0.2, 0.25) is 11.8 Å². The van der Waals surface area contributed by atoms with Gasteiger partial charge in [-0.15, -0.1) is 11.3 Å². The molecular formula is C22H22N4O2S. The molecule has 1 aliphatic rings. The Hall–Kier alpha value is -3.19. The summed E-state index contributed by atoms with van der Waals surface area (Å²) in [5.41, 5.74) is 5.90. The fraction of sp³-hybridized carbons (Fsp3) is 0.227. The van der Waals surface area contributed by atoms with E-state index in [9.17, 15) is 9.59 Å². The molecule has 1 aromatic heterocycles. The number of hydrogen-bond acceptors (Lipinski definition) is 5. The van der Waals surface area contributed by atoms with Crippen LogP contribution in [0.5, 0.6) is 0 Å². The number of hydrogen-bond donors (Lipinski definition) is 2. The first kappa shape index (κ1) is 19.1. The van der Waals surface area contributed by atoms with Gasteiger partial charge in [-0.25, -0.2) is 4.98 Å². The number of anilines is 3. The molecule has 29 heavy (non-hydrogen) atoms. The van der Waals surface area contributed by atoms with Crippen molar-refractivity contribution in [3.05, 3.63) is 58.4 Å². The van der Waals surface area contributed by atoms with E-state index in [2.05, 4.69) is 44.1 Å². The average molecular weight is 407 g/mol. The Morgan fingerprint density at radius 1 is 1.10 bits per heavy atom. The summed E-state index contributed by atoms with van der Waals surface area (Å²) in [5.74, 6) is -0.188. The standard InChI is InChI=1S/C22H22N4O2S/c1-14(27)23-18-4-6-19(7-5-18)25-22(28)12-26-10-9-17-11-16(3-8-21(17)26)20-13-29-15(2)24-20/h3-8,11,13H,9-10,12H2,1-2H3,(H,23,27)(H,25,28). The fourth-order valence-electron chi connectivity index (χ4n) is 3.50. The van der Waals surface area contributed by atoms with Crippen LogP contribution in [0.15, 0.2) is 47.8 Å². The van der Waals surface area contributed by atoms with Crippen molar-refractivity contribution in [3.8, 4) is 11.3 Å². The number of carbonyl (C=O) groups excluding carboxylic acids is 2. The number of nitrogens with one attached hydrogen (secondary N) is 2. The number of amides is 2. The van der Waals surface area contributed by atoms with Gasteiger partial charge in [-0.3, -0.25) is 9.59 Å². The molecule has 0 bridgehead atoms. The molecule has 2 amide bonds. The van der Waals surface area contributed by atoms with Crippen LogP contribution in [0.4, 0.5) is 17.1 Å². The van der Waals surface area contributed by atoms with E-state index in [1.165, 1.54) is 12.5 Å². The smallest absolute Gasteiger partial charge is 0.243 e. The molecule has 2 N–H and O–H groups in total. The highest BCUT2D eigenvalue weighted by molar-refractivity contribution is 7.09. The Labute approximate surface area is 173 Å². The van der Waals surface area contributed by atoms with Crippen LogP contribution in [-0.2, 0) is 16.0 Å². The molecule has 0 radical (unpaired) electrons. The van der Waals surface area contributed by atoms with Crippen molar-refractivity contribution >= 4 is 40.2 Å². The molecule has 2 heterocycles. The van der Waals surface area contributed by atoms with Crippen molar-refractivity contribution < 1.29 is 9.59 Å². The highest BCUT2D eigenvalue weighted by Crippen LogP contribution is 2.32. The SMILES string of the molecule is CC(=O)Nc1ccc(NC(=O)CN2CCc3cc(-c4csc(C)n4)ccc32)cc1. The Balaban J connectivity index is 1.40. The third kappa shape index (κ3) is 4.46. The summed E-state index contributed by atoms with van der Waals surface area (Å²) in [6, 6.07) is 13.4. The lowest BCUT2D eigenvalue weighted by Gasteiger charge is -2.19. The van der Waals surface area contributed by atoms with Gasteiger partial charge >= 0.3 is 0 Å². The van der Waals surface area contributed by atoms with Gasteiger partial charge in [-0.2, -0.15) is 0 Å². The maximum atomic E-state index is 12.5. The third-order valence-electron chi connectivity index (χ3n) is 4.81. The van der Waals surface area contributed by atoms with Crippen LogP contribution in [-0.4, -0.2) is 29.9 Å². The zero-order chi connectivity index (χ0) is 20.4. The number of carbonyl (C=O) groups is 2. The predicted molar refractivity (Wildman–Crippen MR) is 118 cm³/mol. The molecule has 0 aliphatic carbocycles. The zero-order valence-electron chi connectivity index (χ0n) is 16.4. The van der Waals surface area contributed by atoms with Crippen LogP contribution in [0.25, 0.3) is 11.3 Å². The van der Waals surface area contributed by atoms with E-state index in [1.807, 2.05) is 6.92 Å². The minimum absolute atomic E-state index is 0.0654. The first-order valence-corrected chi connectivity index (χ1v) is 10.3. The van der Waals surface area contributed by atoms with Gasteiger partial charge in [0, 0.05) is 41.5 Å². The van der Waals surface area contributed by atoms with E-state index >= 15 is 0 Å². The lowest BCUT2D eigenvalue weighted by Crippen LogP contribution is -2.31. The van der Waals surface area contributed by atoms with Crippen LogP contribution in [0.2, 0.25) is 0 Å². The molecule has 6 nitrogen and oxygen atoms in total. The van der Waals surface area contributed by atoms with E-state index < -0.39 is 0 Å². The number of benzene rings is 2. The zero-order valence-corrected chi connectivity index (χ0v) is 17.2. The molecule has 2 aromatic carbocycles. The van der Waals surface area contributed by atoms with Gasteiger partial charge in [-0.05, 0) is 55.3 Å². The van der Waals surface area contributed by atoms with Crippen LogP contribution < -0.4 is 15.5 Å². The maximum Gasteiger partial charge on any atom is 0.243 e. The minimum Gasteiger partial charge on any atom is -0.362 e. The summed E-state index contributed by atoms with van der Waals surface area (Å²) in [6.07, 6.45) is 0.922. The Kier molecular flexibility index (Phi) is 5.31. The van der Waals surface area contributed by atoms with Crippen molar-refractivity contribution in [2.45, 2.75) is 20.3 Å². The average Bonchev–Trinajstić information content (AvgIpc) is 3.29. The number of nitrogens with zero attached hydrogens (tertiary/aromatic N) is 2. The van der Waals surface area contributed by atoms with Crippen molar-refractivity contribution in [2.75, 3.05) is 28.6 Å². The predicted octanol–water partition coefficient (Wildman–Crippen LogP) is 4.08. The Morgan fingerprint density at radius 2 is 1.83 bits per heavy atom. The summed E-state index contributed by atoms with van der Waals surface area (Å²) in [6.45, 7) is 4.60. The van der Waals surface area contributed by atoms with Crippen LogP contribution >= 0.6 is 11.3 Å². The van der Waals surface area contributed by atoms with Crippen molar-refractivity contribution in [2.24, 2.45) is 0 Å². The van der Waals surface area contributed by atoms with E-state index in [1.54, 1.807) is 35.6 Å². The summed E-state index contributed by atoms with van der Waals surface area (Å²) in [5, 5.41) is 8.76. The molecule has 148 valence electrons. The topological polar surface area (TPSA) is 74.3 Å². The maximum absolute atomic E-state index is 12.5. The van der Waals surface area contributed by atoms with Crippen molar-refractivity contribution in [1.29, 1.82) is 0 Å². The van der Waals surface area contributed by atoms with Gasteiger partial charge in [0.15, 0.2) is 0 Å². The van der Waals surface area contributed by atoms with Gasteiger partial charge in [0.05, 0.1) is 17.2 Å².